The Bertz CT molecular complexity index is 578. The molecule has 0 heterocycles. The predicted molar refractivity (Wildman–Crippen MR) is 114 cm³/mol. The first kappa shape index (κ1) is 21.7. The molecule has 5 heteroatoms. The first-order valence-electron chi connectivity index (χ1n) is 10.2. The summed E-state index contributed by atoms with van der Waals surface area (Å²) in [4.78, 5) is 6.68. The standard InChI is InChI=1S/C22H38N4O/c1-6-18-8-10-19(11-9-18)20(26(3)4)16-24-21(23-2)25-17-22(12-7-13-22)14-15-27-5/h8-11,20H,6-7,12-17H2,1-5H3,(H2,23,24,25). The van der Waals surface area contributed by atoms with Gasteiger partial charge < -0.3 is 20.3 Å². The molecule has 1 aromatic rings. The van der Waals surface area contributed by atoms with E-state index < -0.39 is 0 Å². The smallest absolute Gasteiger partial charge is 0.191 e. The topological polar surface area (TPSA) is 48.9 Å². The zero-order chi connectivity index (χ0) is 19.7. The van der Waals surface area contributed by atoms with Crippen molar-refractivity contribution in [3.05, 3.63) is 35.4 Å². The first-order chi connectivity index (χ1) is 13.0. The van der Waals surface area contributed by atoms with E-state index in [0.29, 0.717) is 11.5 Å². The Balaban J connectivity index is 1.90. The van der Waals surface area contributed by atoms with E-state index in [1.165, 1.54) is 30.4 Å². The summed E-state index contributed by atoms with van der Waals surface area (Å²) in [5, 5.41) is 7.07. The molecule has 0 aromatic heterocycles. The highest BCUT2D eigenvalue weighted by Crippen LogP contribution is 2.43. The molecule has 0 bridgehead atoms. The summed E-state index contributed by atoms with van der Waals surface area (Å²) < 4.78 is 5.30. The highest BCUT2D eigenvalue weighted by Gasteiger charge is 2.36. The highest BCUT2D eigenvalue weighted by molar-refractivity contribution is 5.79. The number of ether oxygens (including phenoxy) is 1. The third-order valence-corrected chi connectivity index (χ3v) is 5.96. The summed E-state index contributed by atoms with van der Waals surface area (Å²) >= 11 is 0. The molecular weight excluding hydrogens is 336 g/mol. The highest BCUT2D eigenvalue weighted by atomic mass is 16.5. The van der Waals surface area contributed by atoms with Crippen LogP contribution in [0, 0.1) is 5.41 Å². The van der Waals surface area contributed by atoms with Gasteiger partial charge >= 0.3 is 0 Å². The van der Waals surface area contributed by atoms with Crippen LogP contribution in [0.1, 0.15) is 49.8 Å². The Morgan fingerprint density at radius 3 is 2.41 bits per heavy atom. The van der Waals surface area contributed by atoms with Gasteiger partial charge in [-0.15, -0.1) is 0 Å². The maximum atomic E-state index is 5.30. The summed E-state index contributed by atoms with van der Waals surface area (Å²) in [5.41, 5.74) is 3.09. The van der Waals surface area contributed by atoms with E-state index in [2.05, 4.69) is 65.8 Å². The van der Waals surface area contributed by atoms with Crippen LogP contribution in [0.3, 0.4) is 0 Å². The lowest BCUT2D eigenvalue weighted by Crippen LogP contribution is -2.48. The van der Waals surface area contributed by atoms with Gasteiger partial charge in [0.05, 0.1) is 6.04 Å². The Kier molecular flexibility index (Phi) is 8.58. The van der Waals surface area contributed by atoms with Crippen LogP contribution in [-0.4, -0.2) is 58.8 Å². The molecule has 0 saturated heterocycles. The van der Waals surface area contributed by atoms with E-state index >= 15 is 0 Å². The summed E-state index contributed by atoms with van der Waals surface area (Å²) in [6, 6.07) is 9.26. The second-order valence-electron chi connectivity index (χ2n) is 7.98. The van der Waals surface area contributed by atoms with Gasteiger partial charge in [-0.3, -0.25) is 4.99 Å². The van der Waals surface area contributed by atoms with Crippen LogP contribution in [-0.2, 0) is 11.2 Å². The molecule has 1 aliphatic carbocycles. The molecule has 1 unspecified atom stereocenters. The van der Waals surface area contributed by atoms with Crippen LogP contribution < -0.4 is 10.6 Å². The van der Waals surface area contributed by atoms with Crippen molar-refractivity contribution >= 4 is 5.96 Å². The number of hydrogen-bond donors (Lipinski definition) is 2. The molecule has 5 nitrogen and oxygen atoms in total. The fourth-order valence-corrected chi connectivity index (χ4v) is 3.77. The fraction of sp³-hybridized carbons (Fsp3) is 0.682. The Morgan fingerprint density at radius 2 is 1.93 bits per heavy atom. The summed E-state index contributed by atoms with van der Waals surface area (Å²) in [5.74, 6) is 0.885. The Labute approximate surface area is 165 Å². The zero-order valence-corrected chi connectivity index (χ0v) is 17.8. The third kappa shape index (κ3) is 6.22. The van der Waals surface area contributed by atoms with E-state index in [-0.39, 0.29) is 0 Å². The van der Waals surface area contributed by atoms with Crippen molar-refractivity contribution in [3.63, 3.8) is 0 Å². The molecule has 2 N–H and O–H groups in total. The van der Waals surface area contributed by atoms with Crippen LogP contribution in [0.4, 0.5) is 0 Å². The molecule has 0 aliphatic heterocycles. The second-order valence-corrected chi connectivity index (χ2v) is 7.98. The van der Waals surface area contributed by atoms with Crippen LogP contribution in [0.2, 0.25) is 0 Å². The molecule has 0 radical (unpaired) electrons. The van der Waals surface area contributed by atoms with E-state index in [9.17, 15) is 0 Å². The monoisotopic (exact) mass is 374 g/mol. The molecule has 0 amide bonds. The number of likely N-dealkylation sites (N-methyl/N-ethyl adjacent to an activating group) is 1. The number of benzene rings is 1. The quantitative estimate of drug-likeness (QED) is 0.488. The molecule has 27 heavy (non-hydrogen) atoms. The molecule has 1 aromatic carbocycles. The maximum Gasteiger partial charge on any atom is 0.191 e. The van der Waals surface area contributed by atoms with Gasteiger partial charge in [0.1, 0.15) is 0 Å². The van der Waals surface area contributed by atoms with Gasteiger partial charge in [-0.2, -0.15) is 0 Å². The predicted octanol–water partition coefficient (Wildman–Crippen LogP) is 3.22. The van der Waals surface area contributed by atoms with Crippen LogP contribution in [0.15, 0.2) is 29.3 Å². The Morgan fingerprint density at radius 1 is 1.22 bits per heavy atom. The molecule has 1 saturated carbocycles. The van der Waals surface area contributed by atoms with Gasteiger partial charge in [0.15, 0.2) is 5.96 Å². The normalized spacial score (nSPS) is 17.5. The minimum Gasteiger partial charge on any atom is -0.385 e. The number of methoxy groups -OCH3 is 1. The minimum atomic E-state index is 0.306. The van der Waals surface area contributed by atoms with Crippen molar-refractivity contribution in [1.29, 1.82) is 0 Å². The largest absolute Gasteiger partial charge is 0.385 e. The number of aryl methyl sites for hydroxylation is 1. The van der Waals surface area contributed by atoms with E-state index in [1.807, 2.05) is 7.05 Å². The van der Waals surface area contributed by atoms with Gasteiger partial charge in [-0.25, -0.2) is 0 Å². The van der Waals surface area contributed by atoms with E-state index in [1.54, 1.807) is 7.11 Å². The van der Waals surface area contributed by atoms with Gasteiger partial charge in [0.2, 0.25) is 0 Å². The lowest BCUT2D eigenvalue weighted by Gasteiger charge is -2.42. The summed E-state index contributed by atoms with van der Waals surface area (Å²) in [6.07, 6.45) is 6.09. The van der Waals surface area contributed by atoms with Gasteiger partial charge in [0.25, 0.3) is 0 Å². The van der Waals surface area contributed by atoms with Crippen molar-refractivity contribution in [2.75, 3.05) is 47.9 Å². The van der Waals surface area contributed by atoms with Gasteiger partial charge in [-0.1, -0.05) is 37.6 Å². The maximum absolute atomic E-state index is 5.30. The lowest BCUT2D eigenvalue weighted by molar-refractivity contribution is 0.0732. The van der Waals surface area contributed by atoms with E-state index in [0.717, 1.165) is 38.5 Å². The van der Waals surface area contributed by atoms with Crippen molar-refractivity contribution < 1.29 is 4.74 Å². The number of rotatable bonds is 10. The molecular formula is C22H38N4O. The van der Waals surface area contributed by atoms with Crippen LogP contribution in [0.5, 0.6) is 0 Å². The minimum absolute atomic E-state index is 0.306. The molecule has 0 spiro atoms. The van der Waals surface area contributed by atoms with Crippen molar-refractivity contribution in [2.24, 2.45) is 10.4 Å². The number of nitrogens with zero attached hydrogens (tertiary/aromatic N) is 2. The molecule has 1 atom stereocenters. The molecule has 1 fully saturated rings. The van der Waals surface area contributed by atoms with Gasteiger partial charge in [0, 0.05) is 33.9 Å². The second kappa shape index (κ2) is 10.7. The fourth-order valence-electron chi connectivity index (χ4n) is 3.77. The molecule has 2 rings (SSSR count). The van der Waals surface area contributed by atoms with Crippen LogP contribution >= 0.6 is 0 Å². The zero-order valence-electron chi connectivity index (χ0n) is 17.8. The first-order valence-corrected chi connectivity index (χ1v) is 10.2. The van der Waals surface area contributed by atoms with Crippen molar-refractivity contribution in [2.45, 2.75) is 45.1 Å². The average Bonchev–Trinajstić information content (AvgIpc) is 2.65. The average molecular weight is 375 g/mol. The molecule has 152 valence electrons. The number of nitrogens with one attached hydrogen (secondary N) is 2. The third-order valence-electron chi connectivity index (χ3n) is 5.96. The number of guanidine groups is 1. The SMILES string of the molecule is CCc1ccc(C(CNC(=NC)NCC2(CCOC)CCC2)N(C)C)cc1. The van der Waals surface area contributed by atoms with E-state index in [4.69, 9.17) is 4.74 Å². The number of aliphatic imine (C=N–C) groups is 1. The molecule has 1 aliphatic rings. The van der Waals surface area contributed by atoms with Gasteiger partial charge in [-0.05, 0) is 56.3 Å². The number of hydrogen-bond acceptors (Lipinski definition) is 3. The van der Waals surface area contributed by atoms with Crippen molar-refractivity contribution in [1.82, 2.24) is 15.5 Å². The van der Waals surface area contributed by atoms with Crippen molar-refractivity contribution in [3.8, 4) is 0 Å². The summed E-state index contributed by atoms with van der Waals surface area (Å²) in [6.45, 7) is 4.82. The van der Waals surface area contributed by atoms with Crippen LogP contribution in [0.25, 0.3) is 0 Å². The summed E-state index contributed by atoms with van der Waals surface area (Å²) in [7, 11) is 7.89. The lowest BCUT2D eigenvalue weighted by atomic mass is 9.67. The Hall–Kier alpha value is -1.59.